The Balaban J connectivity index is 2.65. The average Bonchev–Trinajstić information content (AvgIpc) is 2.37. The highest BCUT2D eigenvalue weighted by Crippen LogP contribution is 2.27. The van der Waals surface area contributed by atoms with Crippen molar-refractivity contribution in [2.75, 3.05) is 17.6 Å². The first-order chi connectivity index (χ1) is 9.37. The summed E-state index contributed by atoms with van der Waals surface area (Å²) in [5.74, 6) is -0.992. The van der Waals surface area contributed by atoms with Gasteiger partial charge in [0.1, 0.15) is 0 Å². The van der Waals surface area contributed by atoms with Crippen molar-refractivity contribution in [3.05, 3.63) is 23.8 Å². The molecule has 1 rings (SSSR count). The highest BCUT2D eigenvalue weighted by Gasteiger charge is 2.18. The molecule has 0 heterocycles. The maximum atomic E-state index is 11.0. The van der Waals surface area contributed by atoms with Crippen molar-refractivity contribution in [2.24, 2.45) is 5.41 Å². The van der Waals surface area contributed by atoms with Gasteiger partial charge >= 0.3 is 5.97 Å². The van der Waals surface area contributed by atoms with Crippen molar-refractivity contribution in [3.8, 4) is 0 Å². The lowest BCUT2D eigenvalue weighted by Crippen LogP contribution is -2.23. The number of unbranched alkanes of at least 4 members (excludes halogenated alkanes) is 2. The van der Waals surface area contributed by atoms with Crippen molar-refractivity contribution in [2.45, 2.75) is 46.5 Å². The SMILES string of the molecule is CCCCCC(C)(C)CNc1cccc(C(=O)O)c1N. The molecule has 0 amide bonds. The first-order valence-corrected chi connectivity index (χ1v) is 7.23. The third-order valence-corrected chi connectivity index (χ3v) is 3.55. The number of nitrogens with two attached hydrogens (primary N) is 1. The average molecular weight is 278 g/mol. The van der Waals surface area contributed by atoms with Crippen molar-refractivity contribution >= 4 is 17.3 Å². The molecule has 4 nitrogen and oxygen atoms in total. The predicted molar refractivity (Wildman–Crippen MR) is 84.2 cm³/mol. The third kappa shape index (κ3) is 4.76. The Morgan fingerprint density at radius 3 is 2.65 bits per heavy atom. The van der Waals surface area contributed by atoms with Crippen LogP contribution in [0.3, 0.4) is 0 Å². The summed E-state index contributed by atoms with van der Waals surface area (Å²) < 4.78 is 0. The monoisotopic (exact) mass is 278 g/mol. The molecule has 20 heavy (non-hydrogen) atoms. The van der Waals surface area contributed by atoms with Crippen molar-refractivity contribution < 1.29 is 9.90 Å². The highest BCUT2D eigenvalue weighted by molar-refractivity contribution is 5.97. The fourth-order valence-electron chi connectivity index (χ4n) is 2.18. The van der Waals surface area contributed by atoms with Gasteiger partial charge in [-0.2, -0.15) is 0 Å². The number of nitrogens with one attached hydrogen (secondary N) is 1. The van der Waals surface area contributed by atoms with Crippen molar-refractivity contribution in [3.63, 3.8) is 0 Å². The molecule has 0 spiro atoms. The van der Waals surface area contributed by atoms with Crippen LogP contribution in [-0.2, 0) is 0 Å². The van der Waals surface area contributed by atoms with Crippen LogP contribution in [-0.4, -0.2) is 17.6 Å². The van der Waals surface area contributed by atoms with E-state index in [9.17, 15) is 4.79 Å². The lowest BCUT2D eigenvalue weighted by molar-refractivity contribution is 0.0698. The molecular formula is C16H26N2O2. The van der Waals surface area contributed by atoms with E-state index in [1.54, 1.807) is 6.07 Å². The summed E-state index contributed by atoms with van der Waals surface area (Å²) in [4.78, 5) is 11.0. The zero-order chi connectivity index (χ0) is 15.2. The zero-order valence-corrected chi connectivity index (χ0v) is 12.7. The van der Waals surface area contributed by atoms with Gasteiger partial charge in [0.25, 0.3) is 0 Å². The molecule has 0 saturated heterocycles. The van der Waals surface area contributed by atoms with E-state index >= 15 is 0 Å². The number of rotatable bonds is 8. The standard InChI is InChI=1S/C16H26N2O2/c1-4-5-6-10-16(2,3)11-18-13-9-7-8-12(14(13)17)15(19)20/h7-9,18H,4-6,10-11,17H2,1-3H3,(H,19,20). The second-order valence-corrected chi connectivity index (χ2v) is 6.05. The molecule has 0 aliphatic heterocycles. The van der Waals surface area contributed by atoms with Crippen molar-refractivity contribution in [1.29, 1.82) is 0 Å². The van der Waals surface area contributed by atoms with Crippen LogP contribution in [0.4, 0.5) is 11.4 Å². The highest BCUT2D eigenvalue weighted by atomic mass is 16.4. The molecule has 4 N–H and O–H groups in total. The number of carboxylic acids is 1. The quantitative estimate of drug-likeness (QED) is 0.496. The number of hydrogen-bond donors (Lipinski definition) is 3. The second-order valence-electron chi connectivity index (χ2n) is 6.05. The van der Waals surface area contributed by atoms with E-state index in [1.807, 2.05) is 6.07 Å². The number of carboxylic acid groups (broad SMARTS) is 1. The maximum absolute atomic E-state index is 11.0. The number of carbonyl (C=O) groups is 1. The second kappa shape index (κ2) is 7.17. The van der Waals surface area contributed by atoms with Crippen LogP contribution < -0.4 is 11.1 Å². The minimum atomic E-state index is -0.992. The minimum absolute atomic E-state index is 0.152. The summed E-state index contributed by atoms with van der Waals surface area (Å²) in [7, 11) is 0. The molecule has 1 aromatic carbocycles. The van der Waals surface area contributed by atoms with Crippen LogP contribution in [0.1, 0.15) is 56.8 Å². The third-order valence-electron chi connectivity index (χ3n) is 3.55. The Bertz CT molecular complexity index is 456. The molecule has 0 aliphatic rings. The molecule has 1 aromatic rings. The first-order valence-electron chi connectivity index (χ1n) is 7.23. The molecule has 0 unspecified atom stereocenters. The Kier molecular flexibility index (Phi) is 5.86. The maximum Gasteiger partial charge on any atom is 0.337 e. The summed E-state index contributed by atoms with van der Waals surface area (Å²) in [6.45, 7) is 7.41. The summed E-state index contributed by atoms with van der Waals surface area (Å²) in [5, 5.41) is 12.3. The lowest BCUT2D eigenvalue weighted by atomic mass is 9.87. The molecule has 0 saturated carbocycles. The summed E-state index contributed by atoms with van der Waals surface area (Å²) >= 11 is 0. The Labute approximate surface area is 121 Å². The number of aromatic carboxylic acids is 1. The fourth-order valence-corrected chi connectivity index (χ4v) is 2.18. The van der Waals surface area contributed by atoms with Gasteiger partial charge in [-0.05, 0) is 24.0 Å². The van der Waals surface area contributed by atoms with Gasteiger partial charge in [-0.1, -0.05) is 46.1 Å². The molecule has 0 bridgehead atoms. The van der Waals surface area contributed by atoms with Gasteiger partial charge < -0.3 is 16.2 Å². The van der Waals surface area contributed by atoms with Crippen LogP contribution in [0.2, 0.25) is 0 Å². The molecule has 0 aromatic heterocycles. The number of anilines is 2. The first kappa shape index (κ1) is 16.3. The number of nitrogen functional groups attached to an aromatic ring is 1. The summed E-state index contributed by atoms with van der Waals surface area (Å²) in [6, 6.07) is 5.06. The molecule has 0 fully saturated rings. The van der Waals surface area contributed by atoms with Gasteiger partial charge in [0.15, 0.2) is 0 Å². The number of para-hydroxylation sites is 1. The van der Waals surface area contributed by atoms with Gasteiger partial charge in [-0.3, -0.25) is 0 Å². The lowest BCUT2D eigenvalue weighted by Gasteiger charge is -2.26. The molecule has 112 valence electrons. The minimum Gasteiger partial charge on any atom is -0.478 e. The zero-order valence-electron chi connectivity index (χ0n) is 12.7. The number of benzene rings is 1. The van der Waals surface area contributed by atoms with E-state index in [1.165, 1.54) is 25.3 Å². The van der Waals surface area contributed by atoms with E-state index < -0.39 is 5.97 Å². The number of hydrogen-bond acceptors (Lipinski definition) is 3. The Hall–Kier alpha value is -1.71. The van der Waals surface area contributed by atoms with Crippen LogP contribution in [0.15, 0.2) is 18.2 Å². The molecule has 0 atom stereocenters. The van der Waals surface area contributed by atoms with Crippen LogP contribution in [0.25, 0.3) is 0 Å². The van der Waals surface area contributed by atoms with E-state index in [4.69, 9.17) is 10.8 Å². The van der Waals surface area contributed by atoms with E-state index in [2.05, 4.69) is 26.1 Å². The summed E-state index contributed by atoms with van der Waals surface area (Å²) in [5.41, 5.74) is 7.22. The molecule has 0 radical (unpaired) electrons. The van der Waals surface area contributed by atoms with Gasteiger partial charge in [0.2, 0.25) is 0 Å². The van der Waals surface area contributed by atoms with E-state index in [0.29, 0.717) is 11.4 Å². The van der Waals surface area contributed by atoms with Gasteiger partial charge in [-0.15, -0.1) is 0 Å². The smallest absolute Gasteiger partial charge is 0.337 e. The van der Waals surface area contributed by atoms with Crippen LogP contribution in [0.5, 0.6) is 0 Å². The summed E-state index contributed by atoms with van der Waals surface area (Å²) in [6.07, 6.45) is 4.83. The van der Waals surface area contributed by atoms with Gasteiger partial charge in [0, 0.05) is 6.54 Å². The topological polar surface area (TPSA) is 75.3 Å². The molecule has 4 heteroatoms. The van der Waals surface area contributed by atoms with Gasteiger partial charge in [-0.25, -0.2) is 4.79 Å². The van der Waals surface area contributed by atoms with Crippen LogP contribution in [0, 0.1) is 5.41 Å². The van der Waals surface area contributed by atoms with E-state index in [-0.39, 0.29) is 11.0 Å². The van der Waals surface area contributed by atoms with E-state index in [0.717, 1.165) is 13.0 Å². The fraction of sp³-hybridized carbons (Fsp3) is 0.562. The molecular weight excluding hydrogens is 252 g/mol. The normalized spacial score (nSPS) is 11.3. The largest absolute Gasteiger partial charge is 0.478 e. The van der Waals surface area contributed by atoms with Crippen LogP contribution >= 0.6 is 0 Å². The van der Waals surface area contributed by atoms with Gasteiger partial charge in [0.05, 0.1) is 16.9 Å². The van der Waals surface area contributed by atoms with Crippen molar-refractivity contribution in [1.82, 2.24) is 0 Å². The Morgan fingerprint density at radius 1 is 1.35 bits per heavy atom. The molecule has 0 aliphatic carbocycles. The predicted octanol–water partition coefficient (Wildman–Crippen LogP) is 3.99. The Morgan fingerprint density at radius 2 is 2.05 bits per heavy atom.